The summed E-state index contributed by atoms with van der Waals surface area (Å²) in [5.74, 6) is -4.06. The Kier molecular flexibility index (Phi) is 1.92. The van der Waals surface area contributed by atoms with Gasteiger partial charge in [-0.05, 0) is 19.3 Å². The van der Waals surface area contributed by atoms with Crippen molar-refractivity contribution in [3.63, 3.8) is 0 Å². The summed E-state index contributed by atoms with van der Waals surface area (Å²) in [6, 6.07) is 0. The van der Waals surface area contributed by atoms with Crippen LogP contribution in [0, 0.1) is 12.8 Å². The first-order valence-corrected chi connectivity index (χ1v) is 5.49. The molecule has 17 heavy (non-hydrogen) atoms. The lowest BCUT2D eigenvalue weighted by Gasteiger charge is -2.14. The average molecular weight is 242 g/mol. The summed E-state index contributed by atoms with van der Waals surface area (Å²) >= 11 is 0. The smallest absolute Gasteiger partial charge is 0.327 e. The lowest BCUT2D eigenvalue weighted by atomic mass is 10.1. The van der Waals surface area contributed by atoms with Gasteiger partial charge < -0.3 is 4.74 Å². The van der Waals surface area contributed by atoms with Crippen LogP contribution >= 0.6 is 0 Å². The molecule has 0 aromatic carbocycles. The van der Waals surface area contributed by atoms with E-state index in [1.807, 2.05) is 0 Å². The Balaban J connectivity index is 2.06. The number of nitrogens with zero attached hydrogens (tertiary/aromatic N) is 2. The van der Waals surface area contributed by atoms with E-state index in [1.165, 1.54) is 7.11 Å². The topological polar surface area (TPSA) is 44.1 Å². The normalized spacial score (nSPS) is 27.5. The van der Waals surface area contributed by atoms with Gasteiger partial charge in [0.25, 0.3) is 5.92 Å². The van der Waals surface area contributed by atoms with Gasteiger partial charge in [-0.2, -0.15) is 13.9 Å². The van der Waals surface area contributed by atoms with E-state index in [1.54, 1.807) is 6.92 Å². The quantitative estimate of drug-likeness (QED) is 0.739. The van der Waals surface area contributed by atoms with Crippen molar-refractivity contribution < 1.29 is 18.3 Å². The molecule has 2 aliphatic rings. The van der Waals surface area contributed by atoms with E-state index in [0.717, 1.165) is 4.68 Å². The molecule has 0 bridgehead atoms. The Morgan fingerprint density at radius 1 is 1.65 bits per heavy atom. The summed E-state index contributed by atoms with van der Waals surface area (Å²) < 4.78 is 33.6. The van der Waals surface area contributed by atoms with Gasteiger partial charge in [-0.25, -0.2) is 0 Å². The zero-order chi connectivity index (χ0) is 12.4. The predicted octanol–water partition coefficient (Wildman–Crippen LogP) is 1.57. The van der Waals surface area contributed by atoms with Crippen LogP contribution in [0.25, 0.3) is 0 Å². The largest absolute Gasteiger partial charge is 0.468 e. The van der Waals surface area contributed by atoms with Gasteiger partial charge in [-0.3, -0.25) is 9.48 Å². The lowest BCUT2D eigenvalue weighted by molar-refractivity contribution is -0.141. The molecular weight excluding hydrogens is 230 g/mol. The standard InChI is InChI=1S/C11H12F2N2O2/c1-5-9-6-3-7(6)11(12,13)10(9)15(14-5)4-8(16)17-2/h6-7H,3-4H2,1-2H3/t6-,7+/m0/s1. The number of aryl methyl sites for hydroxylation is 1. The SMILES string of the molecule is COC(=O)Cn1nc(C)c2c1C(F)(F)[C@@H]1C[C@H]21. The fraction of sp³-hybridized carbons (Fsp3) is 0.636. The van der Waals surface area contributed by atoms with Crippen molar-refractivity contribution in [1.29, 1.82) is 0 Å². The van der Waals surface area contributed by atoms with Crippen molar-refractivity contribution in [3.05, 3.63) is 17.0 Å². The predicted molar refractivity (Wildman–Crippen MR) is 53.7 cm³/mol. The number of halogens is 2. The second-order valence-electron chi connectivity index (χ2n) is 4.65. The minimum absolute atomic E-state index is 0.0635. The van der Waals surface area contributed by atoms with Crippen molar-refractivity contribution in [2.24, 2.45) is 5.92 Å². The number of esters is 1. The molecule has 1 aromatic rings. The lowest BCUT2D eigenvalue weighted by Crippen LogP contribution is -2.23. The van der Waals surface area contributed by atoms with E-state index in [0.29, 0.717) is 17.7 Å². The van der Waals surface area contributed by atoms with Crippen molar-refractivity contribution in [2.75, 3.05) is 7.11 Å². The first kappa shape index (κ1) is 10.7. The van der Waals surface area contributed by atoms with Crippen LogP contribution in [-0.2, 0) is 22.0 Å². The molecule has 1 heterocycles. The number of carbonyl (C=O) groups excluding carboxylic acids is 1. The maximum Gasteiger partial charge on any atom is 0.327 e. The number of fused-ring (bicyclic) bond motifs is 3. The fourth-order valence-electron chi connectivity index (χ4n) is 2.78. The van der Waals surface area contributed by atoms with Crippen molar-refractivity contribution in [3.8, 4) is 0 Å². The van der Waals surface area contributed by atoms with Gasteiger partial charge in [-0.1, -0.05) is 0 Å². The summed E-state index contributed by atoms with van der Waals surface area (Å²) in [4.78, 5) is 11.2. The third-order valence-corrected chi connectivity index (χ3v) is 3.62. The first-order valence-electron chi connectivity index (χ1n) is 5.49. The Labute approximate surface area is 96.6 Å². The molecule has 0 N–H and O–H groups in total. The monoisotopic (exact) mass is 242 g/mol. The highest BCUT2D eigenvalue weighted by Gasteiger charge is 2.66. The molecular formula is C11H12F2N2O2. The molecule has 1 fully saturated rings. The molecule has 0 saturated heterocycles. The molecule has 0 aliphatic heterocycles. The number of aromatic nitrogens is 2. The zero-order valence-corrected chi connectivity index (χ0v) is 9.54. The van der Waals surface area contributed by atoms with Gasteiger partial charge >= 0.3 is 5.97 Å². The third kappa shape index (κ3) is 1.26. The summed E-state index contributed by atoms with van der Waals surface area (Å²) in [6.45, 7) is 1.46. The molecule has 6 heteroatoms. The van der Waals surface area contributed by atoms with Gasteiger partial charge in [0, 0.05) is 11.5 Å². The van der Waals surface area contributed by atoms with Gasteiger partial charge in [0.1, 0.15) is 12.2 Å². The van der Waals surface area contributed by atoms with E-state index in [9.17, 15) is 13.6 Å². The highest BCUT2D eigenvalue weighted by Crippen LogP contribution is 2.67. The van der Waals surface area contributed by atoms with Crippen LogP contribution < -0.4 is 0 Å². The highest BCUT2D eigenvalue weighted by molar-refractivity contribution is 5.69. The minimum atomic E-state index is -2.85. The number of alkyl halides is 2. The second kappa shape index (κ2) is 3.05. The van der Waals surface area contributed by atoms with Crippen LogP contribution in [0.5, 0.6) is 0 Å². The molecule has 3 rings (SSSR count). The number of hydrogen-bond acceptors (Lipinski definition) is 3. The van der Waals surface area contributed by atoms with Gasteiger partial charge in [0.15, 0.2) is 0 Å². The molecule has 0 spiro atoms. The maximum atomic E-state index is 14.0. The van der Waals surface area contributed by atoms with E-state index in [-0.39, 0.29) is 18.2 Å². The van der Waals surface area contributed by atoms with Crippen LogP contribution in [-0.4, -0.2) is 22.9 Å². The number of ether oxygens (including phenoxy) is 1. The highest BCUT2D eigenvalue weighted by atomic mass is 19.3. The van der Waals surface area contributed by atoms with Crippen LogP contribution in [0.15, 0.2) is 0 Å². The van der Waals surface area contributed by atoms with E-state index in [2.05, 4.69) is 9.84 Å². The van der Waals surface area contributed by atoms with Gasteiger partial charge in [-0.15, -0.1) is 0 Å². The summed E-state index contributed by atoms with van der Waals surface area (Å²) in [6.07, 6.45) is 0.532. The summed E-state index contributed by atoms with van der Waals surface area (Å²) in [7, 11) is 1.23. The Morgan fingerprint density at radius 3 is 3.00 bits per heavy atom. The van der Waals surface area contributed by atoms with Crippen LogP contribution in [0.3, 0.4) is 0 Å². The van der Waals surface area contributed by atoms with Crippen LogP contribution in [0.4, 0.5) is 8.78 Å². The summed E-state index contributed by atoms with van der Waals surface area (Å²) in [5.41, 5.74) is 1.17. The molecule has 1 aromatic heterocycles. The summed E-state index contributed by atoms with van der Waals surface area (Å²) in [5, 5.41) is 4.03. The van der Waals surface area contributed by atoms with Gasteiger partial charge in [0.05, 0.1) is 12.8 Å². The van der Waals surface area contributed by atoms with E-state index >= 15 is 0 Å². The number of carbonyl (C=O) groups is 1. The molecule has 0 amide bonds. The third-order valence-electron chi connectivity index (χ3n) is 3.62. The van der Waals surface area contributed by atoms with Crippen molar-refractivity contribution >= 4 is 5.97 Å². The van der Waals surface area contributed by atoms with E-state index in [4.69, 9.17) is 0 Å². The average Bonchev–Trinajstić information content (AvgIpc) is 2.93. The van der Waals surface area contributed by atoms with Crippen LogP contribution in [0.1, 0.15) is 29.3 Å². The molecule has 2 aliphatic carbocycles. The molecule has 4 nitrogen and oxygen atoms in total. The van der Waals surface area contributed by atoms with E-state index < -0.39 is 17.8 Å². The Hall–Kier alpha value is -1.46. The molecule has 92 valence electrons. The van der Waals surface area contributed by atoms with Crippen LogP contribution in [0.2, 0.25) is 0 Å². The Morgan fingerprint density at radius 2 is 2.35 bits per heavy atom. The fourth-order valence-corrected chi connectivity index (χ4v) is 2.78. The molecule has 1 saturated carbocycles. The molecule has 0 radical (unpaired) electrons. The number of methoxy groups -OCH3 is 1. The zero-order valence-electron chi connectivity index (χ0n) is 9.54. The number of hydrogen-bond donors (Lipinski definition) is 0. The minimum Gasteiger partial charge on any atom is -0.468 e. The second-order valence-corrected chi connectivity index (χ2v) is 4.65. The molecule has 0 unspecified atom stereocenters. The van der Waals surface area contributed by atoms with Crippen molar-refractivity contribution in [1.82, 2.24) is 9.78 Å². The number of rotatable bonds is 2. The van der Waals surface area contributed by atoms with Gasteiger partial charge in [0.2, 0.25) is 0 Å². The molecule has 2 atom stereocenters. The van der Waals surface area contributed by atoms with Crippen molar-refractivity contribution in [2.45, 2.75) is 31.7 Å². The Bertz CT molecular complexity index is 510. The maximum absolute atomic E-state index is 14.0. The first-order chi connectivity index (χ1) is 7.96.